The Morgan fingerprint density at radius 2 is 2.07 bits per heavy atom. The monoisotopic (exact) mass is 213 g/mol. The molecule has 1 amide bonds. The average molecular weight is 213 g/mol. The Kier molecular flexibility index (Phi) is 2.19. The molecule has 0 spiro atoms. The maximum absolute atomic E-state index is 13.7. The summed E-state index contributed by atoms with van der Waals surface area (Å²) in [5.74, 6) is -3.73. The van der Waals surface area contributed by atoms with Crippen LogP contribution in [0.1, 0.15) is 15.9 Å². The topological polar surface area (TPSA) is 38.3 Å². The summed E-state index contributed by atoms with van der Waals surface area (Å²) in [5.41, 5.74) is -0.295. The molecule has 1 aromatic carbocycles. The Morgan fingerprint density at radius 1 is 1.40 bits per heavy atom. The molecule has 0 saturated heterocycles. The number of fused-ring (bicyclic) bond motifs is 1. The number of benzene rings is 1. The molecule has 1 heterocycles. The molecule has 0 fully saturated rings. The molecule has 15 heavy (non-hydrogen) atoms. The number of hydrogen-bond acceptors (Lipinski definition) is 2. The second kappa shape index (κ2) is 3.27. The van der Waals surface area contributed by atoms with E-state index in [0.717, 1.165) is 7.11 Å². The Labute approximate surface area is 85.0 Å². The predicted octanol–water partition coefficient (Wildman–Crippen LogP) is 1.49. The second-order valence-corrected chi connectivity index (χ2v) is 3.26. The molecular formula is C10H9F2NO2. The number of amides is 1. The van der Waals surface area contributed by atoms with Gasteiger partial charge in [0.2, 0.25) is 0 Å². The zero-order chi connectivity index (χ0) is 11.1. The summed E-state index contributed by atoms with van der Waals surface area (Å²) in [7, 11) is 1.13. The van der Waals surface area contributed by atoms with Gasteiger partial charge in [-0.3, -0.25) is 4.79 Å². The van der Waals surface area contributed by atoms with Gasteiger partial charge in [0.25, 0.3) is 5.91 Å². The van der Waals surface area contributed by atoms with Crippen molar-refractivity contribution >= 4 is 5.91 Å². The van der Waals surface area contributed by atoms with Crippen LogP contribution in [0.5, 0.6) is 0 Å². The van der Waals surface area contributed by atoms with E-state index in [2.05, 4.69) is 10.1 Å². The number of hydrogen-bond donors (Lipinski definition) is 1. The first-order chi connectivity index (χ1) is 7.07. The third kappa shape index (κ3) is 1.39. The minimum absolute atomic E-state index is 0.00389. The van der Waals surface area contributed by atoms with E-state index in [0.29, 0.717) is 0 Å². The van der Waals surface area contributed by atoms with Crippen LogP contribution in [0.25, 0.3) is 0 Å². The molecule has 1 aliphatic rings. The van der Waals surface area contributed by atoms with Crippen LogP contribution in [0.15, 0.2) is 24.3 Å². The fourth-order valence-electron chi connectivity index (χ4n) is 1.61. The van der Waals surface area contributed by atoms with Crippen LogP contribution in [-0.2, 0) is 10.7 Å². The Balaban J connectivity index is 2.57. The molecule has 1 aromatic rings. The van der Waals surface area contributed by atoms with Gasteiger partial charge in [-0.2, -0.15) is 8.78 Å². The van der Waals surface area contributed by atoms with Crippen molar-refractivity contribution in [3.8, 4) is 0 Å². The molecule has 0 radical (unpaired) electrons. The fraction of sp³-hybridized carbons (Fsp3) is 0.300. The number of rotatable bonds is 1. The van der Waals surface area contributed by atoms with Crippen molar-refractivity contribution in [3.63, 3.8) is 0 Å². The highest BCUT2D eigenvalue weighted by Gasteiger charge is 2.48. The molecule has 0 aromatic heterocycles. The fourth-order valence-corrected chi connectivity index (χ4v) is 1.61. The quantitative estimate of drug-likeness (QED) is 0.767. The minimum atomic E-state index is -3.20. The Bertz CT molecular complexity index is 406. The first kappa shape index (κ1) is 10.0. The van der Waals surface area contributed by atoms with Crippen LogP contribution in [0, 0.1) is 0 Å². The molecule has 80 valence electrons. The number of halogens is 2. The van der Waals surface area contributed by atoms with E-state index in [1.807, 2.05) is 0 Å². The summed E-state index contributed by atoms with van der Waals surface area (Å²) in [5, 5.41) is 2.10. The van der Waals surface area contributed by atoms with Crippen LogP contribution < -0.4 is 5.32 Å². The molecular weight excluding hydrogens is 204 g/mol. The molecule has 0 aliphatic carbocycles. The molecule has 1 atom stereocenters. The van der Waals surface area contributed by atoms with Gasteiger partial charge < -0.3 is 10.1 Å². The number of carbonyl (C=O) groups excluding carboxylic acids is 1. The highest BCUT2D eigenvalue weighted by molar-refractivity contribution is 5.97. The van der Waals surface area contributed by atoms with Crippen molar-refractivity contribution in [2.24, 2.45) is 0 Å². The highest BCUT2D eigenvalue weighted by Crippen LogP contribution is 2.37. The molecule has 1 N–H and O–H groups in total. The van der Waals surface area contributed by atoms with E-state index in [1.165, 1.54) is 18.2 Å². The largest absolute Gasteiger partial charge is 0.355 e. The number of nitrogens with one attached hydrogen (secondary N) is 1. The lowest BCUT2D eigenvalue weighted by Crippen LogP contribution is -2.52. The zero-order valence-electron chi connectivity index (χ0n) is 7.96. The molecule has 1 aliphatic heterocycles. The number of carbonyl (C=O) groups is 1. The van der Waals surface area contributed by atoms with Crippen LogP contribution in [0.4, 0.5) is 8.78 Å². The van der Waals surface area contributed by atoms with E-state index >= 15 is 0 Å². The van der Waals surface area contributed by atoms with Gasteiger partial charge >= 0.3 is 5.92 Å². The highest BCUT2D eigenvalue weighted by atomic mass is 19.3. The lowest BCUT2D eigenvalue weighted by molar-refractivity contribution is -0.144. The average Bonchev–Trinajstić information content (AvgIpc) is 2.24. The van der Waals surface area contributed by atoms with Gasteiger partial charge in [-0.1, -0.05) is 18.2 Å². The van der Waals surface area contributed by atoms with Gasteiger partial charge in [0.1, 0.15) is 0 Å². The van der Waals surface area contributed by atoms with Crippen molar-refractivity contribution in [1.82, 2.24) is 5.32 Å². The predicted molar refractivity (Wildman–Crippen MR) is 48.6 cm³/mol. The van der Waals surface area contributed by atoms with E-state index in [9.17, 15) is 13.6 Å². The van der Waals surface area contributed by atoms with Crippen molar-refractivity contribution in [3.05, 3.63) is 35.4 Å². The summed E-state index contributed by atoms with van der Waals surface area (Å²) >= 11 is 0. The van der Waals surface area contributed by atoms with Crippen molar-refractivity contribution < 1.29 is 18.3 Å². The van der Waals surface area contributed by atoms with Gasteiger partial charge in [0, 0.05) is 18.2 Å². The van der Waals surface area contributed by atoms with Crippen LogP contribution >= 0.6 is 0 Å². The Morgan fingerprint density at radius 3 is 2.73 bits per heavy atom. The summed E-state index contributed by atoms with van der Waals surface area (Å²) in [6.45, 7) is 0. The van der Waals surface area contributed by atoms with E-state index < -0.39 is 18.1 Å². The smallest absolute Gasteiger partial charge is 0.317 e. The van der Waals surface area contributed by atoms with Gasteiger partial charge in [0.05, 0.1) is 0 Å². The van der Waals surface area contributed by atoms with Crippen LogP contribution in [-0.4, -0.2) is 19.2 Å². The maximum atomic E-state index is 13.7. The van der Waals surface area contributed by atoms with Gasteiger partial charge in [-0.25, -0.2) is 0 Å². The van der Waals surface area contributed by atoms with Crippen molar-refractivity contribution in [2.45, 2.75) is 12.2 Å². The standard InChI is InChI=1S/C10H9F2NO2/c1-15-9-10(11,12)7-5-3-2-4-6(7)8(14)13-9/h2-5,9H,1H3,(H,13,14)/t9-/m1/s1. The van der Waals surface area contributed by atoms with E-state index in [4.69, 9.17) is 0 Å². The van der Waals surface area contributed by atoms with Crippen LogP contribution in [0.3, 0.4) is 0 Å². The second-order valence-electron chi connectivity index (χ2n) is 3.26. The molecule has 5 heteroatoms. The SMILES string of the molecule is CO[C@H]1NC(=O)c2ccccc2C1(F)F. The molecule has 3 nitrogen and oxygen atoms in total. The van der Waals surface area contributed by atoms with Crippen LogP contribution in [0.2, 0.25) is 0 Å². The van der Waals surface area contributed by atoms with Crippen molar-refractivity contribution in [2.75, 3.05) is 7.11 Å². The van der Waals surface area contributed by atoms with Gasteiger partial charge in [-0.05, 0) is 6.07 Å². The zero-order valence-corrected chi connectivity index (χ0v) is 7.96. The number of methoxy groups -OCH3 is 1. The summed E-state index contributed by atoms with van der Waals surface area (Å²) in [6.07, 6.45) is -1.60. The van der Waals surface area contributed by atoms with E-state index in [1.54, 1.807) is 6.07 Å². The van der Waals surface area contributed by atoms with Gasteiger partial charge in [-0.15, -0.1) is 0 Å². The summed E-state index contributed by atoms with van der Waals surface area (Å²) < 4.78 is 31.9. The lowest BCUT2D eigenvalue weighted by Gasteiger charge is -2.32. The molecule has 0 unspecified atom stereocenters. The summed E-state index contributed by atoms with van der Waals surface area (Å²) in [4.78, 5) is 11.4. The van der Waals surface area contributed by atoms with Gasteiger partial charge in [0.15, 0.2) is 6.23 Å². The first-order valence-corrected chi connectivity index (χ1v) is 4.38. The van der Waals surface area contributed by atoms with E-state index in [-0.39, 0.29) is 11.1 Å². The molecule has 2 rings (SSSR count). The third-order valence-electron chi connectivity index (χ3n) is 2.36. The normalized spacial score (nSPS) is 23.1. The Hall–Kier alpha value is -1.49. The third-order valence-corrected chi connectivity index (χ3v) is 2.36. The minimum Gasteiger partial charge on any atom is -0.355 e. The summed E-state index contributed by atoms with van der Waals surface area (Å²) in [6, 6.07) is 5.62. The van der Waals surface area contributed by atoms with Crippen molar-refractivity contribution in [1.29, 1.82) is 0 Å². The molecule has 0 bridgehead atoms. The number of ether oxygens (including phenoxy) is 1. The molecule has 0 saturated carbocycles. The first-order valence-electron chi connectivity index (χ1n) is 4.38. The maximum Gasteiger partial charge on any atom is 0.317 e. The number of alkyl halides is 2. The lowest BCUT2D eigenvalue weighted by atomic mass is 9.96.